The summed E-state index contributed by atoms with van der Waals surface area (Å²) in [5.41, 5.74) is 3.14. The van der Waals surface area contributed by atoms with Crippen molar-refractivity contribution in [2.24, 2.45) is 11.8 Å². The molecule has 1 aromatic carbocycles. The van der Waals surface area contributed by atoms with Crippen molar-refractivity contribution in [1.29, 1.82) is 0 Å². The average Bonchev–Trinajstić information content (AvgIpc) is 2.86. The maximum atomic E-state index is 12.4. The predicted octanol–water partition coefficient (Wildman–Crippen LogP) is 9.34. The van der Waals surface area contributed by atoms with E-state index >= 15 is 0 Å². The molecule has 0 saturated carbocycles. The molecule has 0 saturated heterocycles. The van der Waals surface area contributed by atoms with Gasteiger partial charge in [-0.25, -0.2) is 0 Å². The first-order chi connectivity index (χ1) is 16.7. The molecule has 0 amide bonds. The summed E-state index contributed by atoms with van der Waals surface area (Å²) in [6, 6.07) is 5.91. The molecule has 0 aliphatic carbocycles. The highest BCUT2D eigenvalue weighted by Gasteiger charge is 2.16. The molecule has 35 heavy (non-hydrogen) atoms. The summed E-state index contributed by atoms with van der Waals surface area (Å²) in [6.07, 6.45) is 14.0. The Morgan fingerprint density at radius 2 is 1.71 bits per heavy atom. The molecule has 0 aliphatic rings. The molecule has 0 radical (unpaired) electrons. The lowest BCUT2D eigenvalue weighted by Gasteiger charge is -2.13. The number of carbonyl (C=O) groups is 2. The number of aryl methyl sites for hydroxylation is 1. The minimum absolute atomic E-state index is 0.0863. The average molecular weight is 485 g/mol. The number of benzene rings is 1. The van der Waals surface area contributed by atoms with E-state index < -0.39 is 0 Å². The van der Waals surface area contributed by atoms with Crippen LogP contribution in [0.25, 0.3) is 0 Å². The Bertz CT molecular complexity index is 775. The second kappa shape index (κ2) is 20.1. The minimum atomic E-state index is 0.0863. The van der Waals surface area contributed by atoms with Crippen molar-refractivity contribution in [2.75, 3.05) is 6.61 Å². The Morgan fingerprint density at radius 1 is 1.00 bits per heavy atom. The molecule has 0 heterocycles. The predicted molar refractivity (Wildman–Crippen MR) is 152 cm³/mol. The summed E-state index contributed by atoms with van der Waals surface area (Å²) in [6.45, 7) is 19.1. The van der Waals surface area contributed by atoms with Crippen LogP contribution in [0.2, 0.25) is 0 Å². The molecule has 198 valence electrons. The molecule has 0 bridgehead atoms. The van der Waals surface area contributed by atoms with Crippen LogP contribution in [-0.4, -0.2) is 18.2 Å². The van der Waals surface area contributed by atoms with Gasteiger partial charge in [-0.15, -0.1) is 0 Å². The van der Waals surface area contributed by atoms with Gasteiger partial charge in [0.15, 0.2) is 5.78 Å². The van der Waals surface area contributed by atoms with Gasteiger partial charge < -0.3 is 4.74 Å². The van der Waals surface area contributed by atoms with Gasteiger partial charge in [-0.1, -0.05) is 65.8 Å². The second-order valence-electron chi connectivity index (χ2n) is 9.64. The highest BCUT2D eigenvalue weighted by atomic mass is 16.5. The first-order valence-corrected chi connectivity index (χ1v) is 13.8. The molecule has 0 N–H and O–H groups in total. The zero-order valence-electron chi connectivity index (χ0n) is 23.8. The zero-order chi connectivity index (χ0) is 26.6. The van der Waals surface area contributed by atoms with Crippen LogP contribution in [0.3, 0.4) is 0 Å². The summed E-state index contributed by atoms with van der Waals surface area (Å²) in [4.78, 5) is 23.5. The summed E-state index contributed by atoms with van der Waals surface area (Å²) < 4.78 is 5.84. The molecule has 0 aliphatic heterocycles. The monoisotopic (exact) mass is 484 g/mol. The number of ketones is 2. The van der Waals surface area contributed by atoms with Gasteiger partial charge in [-0.05, 0) is 88.0 Å². The zero-order valence-corrected chi connectivity index (χ0v) is 23.8. The Morgan fingerprint density at radius 3 is 2.29 bits per heavy atom. The van der Waals surface area contributed by atoms with Crippen LogP contribution >= 0.6 is 0 Å². The number of allylic oxidation sites excluding steroid dienone is 3. The normalized spacial score (nSPS) is 12.5. The Labute approximate surface area is 216 Å². The lowest BCUT2D eigenvalue weighted by Crippen LogP contribution is -2.12. The molecule has 1 rings (SSSR count). The largest absolute Gasteiger partial charge is 0.494 e. The SMILES string of the molecule is C=C(C)C(C)CCC(=O)CCC.CC/C=C/CCCCOc1ccc(C(=O)C(C)CC)c(CC)c1. The summed E-state index contributed by atoms with van der Waals surface area (Å²) in [5, 5.41) is 0. The quantitative estimate of drug-likeness (QED) is 0.126. The minimum Gasteiger partial charge on any atom is -0.494 e. The van der Waals surface area contributed by atoms with Crippen molar-refractivity contribution >= 4 is 11.6 Å². The smallest absolute Gasteiger partial charge is 0.165 e. The summed E-state index contributed by atoms with van der Waals surface area (Å²) in [5.74, 6) is 2.10. The van der Waals surface area contributed by atoms with Gasteiger partial charge in [0.2, 0.25) is 0 Å². The molecule has 3 nitrogen and oxygen atoms in total. The molecular weight excluding hydrogens is 432 g/mol. The van der Waals surface area contributed by atoms with Crippen LogP contribution in [0.4, 0.5) is 0 Å². The van der Waals surface area contributed by atoms with E-state index in [4.69, 9.17) is 4.74 Å². The third kappa shape index (κ3) is 14.8. The highest BCUT2D eigenvalue weighted by molar-refractivity contribution is 5.99. The topological polar surface area (TPSA) is 43.4 Å². The van der Waals surface area contributed by atoms with Gasteiger partial charge in [0, 0.05) is 24.3 Å². The van der Waals surface area contributed by atoms with E-state index in [-0.39, 0.29) is 11.7 Å². The van der Waals surface area contributed by atoms with Crippen molar-refractivity contribution in [3.05, 3.63) is 53.6 Å². The maximum absolute atomic E-state index is 12.4. The molecule has 1 aromatic rings. The first-order valence-electron chi connectivity index (χ1n) is 13.8. The molecule has 2 unspecified atom stereocenters. The van der Waals surface area contributed by atoms with E-state index in [1.807, 2.05) is 39.0 Å². The van der Waals surface area contributed by atoms with Crippen LogP contribution in [0.1, 0.15) is 122 Å². The fourth-order valence-electron chi connectivity index (χ4n) is 3.51. The number of rotatable bonds is 17. The van der Waals surface area contributed by atoms with Crippen molar-refractivity contribution in [3.63, 3.8) is 0 Å². The molecule has 0 aromatic heterocycles. The number of hydrogen-bond donors (Lipinski definition) is 0. The molecule has 2 atom stereocenters. The van der Waals surface area contributed by atoms with Gasteiger partial charge in [0.1, 0.15) is 11.5 Å². The van der Waals surface area contributed by atoms with E-state index in [1.54, 1.807) is 0 Å². The van der Waals surface area contributed by atoms with E-state index in [0.29, 0.717) is 11.7 Å². The number of unbranched alkanes of at least 4 members (excludes halogenated alkanes) is 2. The standard InChI is InChI=1S/C21H32O2.C11H20O/c1-5-8-9-10-11-12-15-23-19-13-14-20(18(7-3)16-19)21(22)17(4)6-2;1-5-6-11(12)8-7-10(4)9(2)3/h8-9,13-14,16-17H,5-7,10-12,15H2,1-4H3;10H,2,5-8H2,1,3-4H3/b9-8+;. The van der Waals surface area contributed by atoms with Crippen molar-refractivity contribution < 1.29 is 14.3 Å². The van der Waals surface area contributed by atoms with Crippen LogP contribution < -0.4 is 4.74 Å². The van der Waals surface area contributed by atoms with E-state index in [1.165, 1.54) is 5.57 Å². The van der Waals surface area contributed by atoms with Crippen LogP contribution in [0, 0.1) is 11.8 Å². The maximum Gasteiger partial charge on any atom is 0.165 e. The Hall–Kier alpha value is -2.16. The molecule has 3 heteroatoms. The van der Waals surface area contributed by atoms with Crippen molar-refractivity contribution in [2.45, 2.75) is 113 Å². The van der Waals surface area contributed by atoms with Gasteiger partial charge in [-0.3, -0.25) is 9.59 Å². The number of Topliss-reactive ketones (excluding diaryl/α,β-unsaturated/α-hetero) is 2. The van der Waals surface area contributed by atoms with E-state index in [2.05, 4.69) is 46.4 Å². The lowest BCUT2D eigenvalue weighted by molar-refractivity contribution is -0.119. The van der Waals surface area contributed by atoms with Crippen LogP contribution in [0.15, 0.2) is 42.5 Å². The van der Waals surface area contributed by atoms with Crippen LogP contribution in [0.5, 0.6) is 5.75 Å². The lowest BCUT2D eigenvalue weighted by atomic mass is 9.92. The number of ether oxygens (including phenoxy) is 1. The number of carbonyl (C=O) groups excluding carboxylic acids is 2. The fraction of sp³-hybridized carbons (Fsp3) is 0.625. The second-order valence-corrected chi connectivity index (χ2v) is 9.64. The van der Waals surface area contributed by atoms with Gasteiger partial charge in [0.25, 0.3) is 0 Å². The van der Waals surface area contributed by atoms with Gasteiger partial charge >= 0.3 is 0 Å². The highest BCUT2D eigenvalue weighted by Crippen LogP contribution is 2.22. The Balaban J connectivity index is 0.000000814. The van der Waals surface area contributed by atoms with Gasteiger partial charge in [-0.2, -0.15) is 0 Å². The third-order valence-electron chi connectivity index (χ3n) is 6.45. The van der Waals surface area contributed by atoms with Crippen molar-refractivity contribution in [3.8, 4) is 5.75 Å². The van der Waals surface area contributed by atoms with Crippen molar-refractivity contribution in [1.82, 2.24) is 0 Å². The molecule has 0 fully saturated rings. The fourth-order valence-corrected chi connectivity index (χ4v) is 3.51. The van der Waals surface area contributed by atoms with E-state index in [9.17, 15) is 9.59 Å². The third-order valence-corrected chi connectivity index (χ3v) is 6.45. The number of hydrogen-bond acceptors (Lipinski definition) is 3. The molecule has 0 spiro atoms. The van der Waals surface area contributed by atoms with Crippen LogP contribution in [-0.2, 0) is 11.2 Å². The Kier molecular flexibility index (Phi) is 18.8. The summed E-state index contributed by atoms with van der Waals surface area (Å²) >= 11 is 0. The molecular formula is C32H52O3. The first kappa shape index (κ1) is 32.8. The summed E-state index contributed by atoms with van der Waals surface area (Å²) in [7, 11) is 0. The van der Waals surface area contributed by atoms with E-state index in [0.717, 1.165) is 87.7 Å². The van der Waals surface area contributed by atoms with Gasteiger partial charge in [0.05, 0.1) is 6.61 Å².